The van der Waals surface area contributed by atoms with Crippen LogP contribution in [0.15, 0.2) is 18.2 Å². The van der Waals surface area contributed by atoms with E-state index in [1.165, 1.54) is 24.0 Å². The molecule has 0 fully saturated rings. The number of aromatic hydroxyl groups is 1. The third-order valence-electron chi connectivity index (χ3n) is 3.98. The first kappa shape index (κ1) is 12.4. The van der Waals surface area contributed by atoms with Crippen molar-refractivity contribution in [3.63, 3.8) is 0 Å². The largest absolute Gasteiger partial charge is 0.508 e. The minimum atomic E-state index is 0.492. The highest BCUT2D eigenvalue weighted by molar-refractivity contribution is 5.42. The second-order valence-corrected chi connectivity index (χ2v) is 4.92. The molecule has 0 saturated carbocycles. The minimum absolute atomic E-state index is 0.492. The van der Waals surface area contributed by atoms with Crippen LogP contribution in [0.3, 0.4) is 0 Å². The van der Waals surface area contributed by atoms with Crippen molar-refractivity contribution < 1.29 is 5.11 Å². The fraction of sp³-hybridized carbons (Fsp3) is 0.600. The zero-order valence-corrected chi connectivity index (χ0v) is 10.9. The summed E-state index contributed by atoms with van der Waals surface area (Å²) in [5.41, 5.74) is 2.57. The number of nitrogens with zero attached hydrogens (tertiary/aromatic N) is 1. The van der Waals surface area contributed by atoms with Crippen molar-refractivity contribution in [3.8, 4) is 5.75 Å². The van der Waals surface area contributed by atoms with Crippen LogP contribution in [0, 0.1) is 0 Å². The first-order valence-corrected chi connectivity index (χ1v) is 6.79. The predicted molar refractivity (Wildman–Crippen MR) is 71.6 cm³/mol. The molecule has 0 aliphatic heterocycles. The smallest absolute Gasteiger partial charge is 0.119 e. The number of phenols is 1. The van der Waals surface area contributed by atoms with Gasteiger partial charge in [0.25, 0.3) is 0 Å². The van der Waals surface area contributed by atoms with Gasteiger partial charge in [0, 0.05) is 6.54 Å². The number of phenolic OH excluding ortho intramolecular Hbond substituents is 1. The zero-order chi connectivity index (χ0) is 12.3. The summed E-state index contributed by atoms with van der Waals surface area (Å²) in [7, 11) is 0. The van der Waals surface area contributed by atoms with Crippen molar-refractivity contribution >= 4 is 0 Å². The van der Waals surface area contributed by atoms with Gasteiger partial charge in [-0.3, -0.25) is 0 Å². The van der Waals surface area contributed by atoms with Crippen molar-refractivity contribution in [3.05, 3.63) is 29.3 Å². The van der Waals surface area contributed by atoms with E-state index in [0.29, 0.717) is 11.7 Å². The van der Waals surface area contributed by atoms with Gasteiger partial charge in [-0.25, -0.2) is 0 Å². The molecule has 1 aromatic carbocycles. The van der Waals surface area contributed by atoms with Crippen LogP contribution in [0.1, 0.15) is 43.7 Å². The van der Waals surface area contributed by atoms with E-state index in [9.17, 15) is 5.11 Å². The van der Waals surface area contributed by atoms with Gasteiger partial charge in [0.2, 0.25) is 0 Å². The Morgan fingerprint density at radius 3 is 2.76 bits per heavy atom. The summed E-state index contributed by atoms with van der Waals surface area (Å²) in [6.45, 7) is 7.79. The number of likely N-dealkylation sites (N-methyl/N-ethyl adjacent to an activating group) is 1. The Morgan fingerprint density at radius 1 is 1.29 bits per heavy atom. The predicted octanol–water partition coefficient (Wildman–Crippen LogP) is 3.15. The third-order valence-corrected chi connectivity index (χ3v) is 3.98. The van der Waals surface area contributed by atoms with Gasteiger partial charge < -0.3 is 10.0 Å². The van der Waals surface area contributed by atoms with Gasteiger partial charge >= 0.3 is 0 Å². The summed E-state index contributed by atoms with van der Waals surface area (Å²) < 4.78 is 0. The Bertz CT molecular complexity index is 371. The van der Waals surface area contributed by atoms with E-state index in [2.05, 4.69) is 24.8 Å². The summed E-state index contributed by atoms with van der Waals surface area (Å²) in [5.74, 6) is 1.09. The average molecular weight is 233 g/mol. The van der Waals surface area contributed by atoms with Gasteiger partial charge in [-0.15, -0.1) is 0 Å². The molecule has 0 amide bonds. The summed E-state index contributed by atoms with van der Waals surface area (Å²) >= 11 is 0. The van der Waals surface area contributed by atoms with Crippen LogP contribution < -0.4 is 0 Å². The van der Waals surface area contributed by atoms with Crippen LogP contribution in [0.5, 0.6) is 5.75 Å². The maximum absolute atomic E-state index is 9.91. The van der Waals surface area contributed by atoms with E-state index in [0.717, 1.165) is 26.1 Å². The van der Waals surface area contributed by atoms with Crippen LogP contribution in [0.2, 0.25) is 0 Å². The van der Waals surface area contributed by atoms with Gasteiger partial charge in [-0.1, -0.05) is 26.0 Å². The molecule has 17 heavy (non-hydrogen) atoms. The Kier molecular flexibility index (Phi) is 4.06. The van der Waals surface area contributed by atoms with E-state index in [-0.39, 0.29) is 0 Å². The van der Waals surface area contributed by atoms with Crippen LogP contribution >= 0.6 is 0 Å². The minimum Gasteiger partial charge on any atom is -0.508 e. The molecule has 0 spiro atoms. The van der Waals surface area contributed by atoms with Crippen molar-refractivity contribution in [2.24, 2.45) is 0 Å². The summed E-state index contributed by atoms with van der Waals surface area (Å²) in [5, 5.41) is 9.91. The molecule has 1 aromatic rings. The normalized spacial score (nSPS) is 19.4. The van der Waals surface area contributed by atoms with Gasteiger partial charge in [0.1, 0.15) is 5.75 Å². The highest BCUT2D eigenvalue weighted by Gasteiger charge is 2.23. The third kappa shape index (κ3) is 2.63. The van der Waals surface area contributed by atoms with Crippen molar-refractivity contribution in [1.82, 2.24) is 4.90 Å². The first-order chi connectivity index (χ1) is 8.26. The maximum atomic E-state index is 9.91. The maximum Gasteiger partial charge on any atom is 0.119 e. The van der Waals surface area contributed by atoms with Crippen LogP contribution in [0.25, 0.3) is 0 Å². The number of benzene rings is 1. The van der Waals surface area contributed by atoms with Crippen LogP contribution in [-0.4, -0.2) is 29.6 Å². The lowest BCUT2D eigenvalue weighted by Gasteiger charge is -2.30. The van der Waals surface area contributed by atoms with E-state index in [1.807, 2.05) is 12.1 Å². The number of rotatable bonds is 4. The average Bonchev–Trinajstić information content (AvgIpc) is 2.37. The molecule has 1 aliphatic rings. The molecule has 1 unspecified atom stereocenters. The van der Waals surface area contributed by atoms with E-state index in [1.54, 1.807) is 0 Å². The first-order valence-electron chi connectivity index (χ1n) is 6.79. The van der Waals surface area contributed by atoms with Gasteiger partial charge in [-0.05, 0) is 55.5 Å². The molecule has 1 N–H and O–H groups in total. The topological polar surface area (TPSA) is 23.5 Å². The molecule has 94 valence electrons. The lowest BCUT2D eigenvalue weighted by Crippen LogP contribution is -2.29. The van der Waals surface area contributed by atoms with Crippen LogP contribution in [-0.2, 0) is 6.42 Å². The number of fused-ring (bicyclic) bond motifs is 1. The Morgan fingerprint density at radius 2 is 2.06 bits per heavy atom. The number of hydrogen-bond acceptors (Lipinski definition) is 2. The standard InChI is InChI=1S/C15H23NO/c1-3-16(4-2)11-12-7-5-9-14-13(12)8-6-10-15(14)17/h6,8,10,12,17H,3-5,7,9,11H2,1-2H3. The zero-order valence-electron chi connectivity index (χ0n) is 10.9. The molecule has 0 aromatic heterocycles. The lowest BCUT2D eigenvalue weighted by molar-refractivity contribution is 0.271. The fourth-order valence-corrected chi connectivity index (χ4v) is 2.91. The SMILES string of the molecule is CCN(CC)CC1CCCc2c(O)cccc21. The fourth-order valence-electron chi connectivity index (χ4n) is 2.91. The van der Waals surface area contributed by atoms with Crippen molar-refractivity contribution in [2.45, 2.75) is 39.0 Å². The summed E-state index contributed by atoms with van der Waals surface area (Å²) in [6, 6.07) is 6.00. The van der Waals surface area contributed by atoms with E-state index in [4.69, 9.17) is 0 Å². The monoisotopic (exact) mass is 233 g/mol. The van der Waals surface area contributed by atoms with Gasteiger partial charge in [-0.2, -0.15) is 0 Å². The summed E-state index contributed by atoms with van der Waals surface area (Å²) in [4.78, 5) is 2.48. The van der Waals surface area contributed by atoms with E-state index < -0.39 is 0 Å². The quantitative estimate of drug-likeness (QED) is 0.863. The van der Waals surface area contributed by atoms with Gasteiger partial charge in [0.05, 0.1) is 0 Å². The van der Waals surface area contributed by atoms with Gasteiger partial charge in [0.15, 0.2) is 0 Å². The molecule has 1 atom stereocenters. The Labute approximate surface area is 104 Å². The second kappa shape index (κ2) is 5.54. The Hall–Kier alpha value is -1.02. The van der Waals surface area contributed by atoms with Crippen molar-refractivity contribution in [1.29, 1.82) is 0 Å². The molecule has 2 heteroatoms. The molecule has 0 heterocycles. The molecular weight excluding hydrogens is 210 g/mol. The van der Waals surface area contributed by atoms with Crippen LogP contribution in [0.4, 0.5) is 0 Å². The Balaban J connectivity index is 2.20. The lowest BCUT2D eigenvalue weighted by atomic mass is 9.82. The highest BCUT2D eigenvalue weighted by Crippen LogP contribution is 2.36. The molecular formula is C15H23NO. The molecule has 2 nitrogen and oxygen atoms in total. The summed E-state index contributed by atoms with van der Waals surface area (Å²) in [6.07, 6.45) is 3.50. The molecule has 0 radical (unpaired) electrons. The highest BCUT2D eigenvalue weighted by atomic mass is 16.3. The molecule has 0 bridgehead atoms. The molecule has 0 saturated heterocycles. The van der Waals surface area contributed by atoms with E-state index >= 15 is 0 Å². The second-order valence-electron chi connectivity index (χ2n) is 4.92. The number of hydrogen-bond donors (Lipinski definition) is 1. The van der Waals surface area contributed by atoms with Crippen molar-refractivity contribution in [2.75, 3.05) is 19.6 Å². The molecule has 2 rings (SSSR count). The molecule has 1 aliphatic carbocycles.